The van der Waals surface area contributed by atoms with E-state index >= 15 is 0 Å². The van der Waals surface area contributed by atoms with E-state index in [2.05, 4.69) is 0 Å². The van der Waals surface area contributed by atoms with Crippen LogP contribution in [0.2, 0.25) is 0 Å². The molecule has 0 aromatic heterocycles. The molecule has 1 rings (SSSR count). The van der Waals surface area contributed by atoms with Crippen LogP contribution < -0.4 is 5.73 Å². The first-order chi connectivity index (χ1) is 6.61. The topological polar surface area (TPSA) is 26.0 Å². The summed E-state index contributed by atoms with van der Waals surface area (Å²) in [5, 5.41) is 0. The molecule has 0 saturated heterocycles. The molecule has 4 heteroatoms. The van der Waals surface area contributed by atoms with Crippen LogP contribution in [0, 0.1) is 11.6 Å². The second-order valence-corrected chi connectivity index (χ2v) is 4.24. The van der Waals surface area contributed by atoms with Crippen LogP contribution >= 0.6 is 11.8 Å². The first-order valence-corrected chi connectivity index (χ1v) is 5.53. The number of benzene rings is 1. The standard InChI is InChI=1S/C10H13F2NS/c1-7(13)5-14-6-8-3-2-4-9(11)10(8)12/h2-4,7H,5-6,13H2,1H3. The fraction of sp³-hybridized carbons (Fsp3) is 0.400. The fourth-order valence-electron chi connectivity index (χ4n) is 1.01. The van der Waals surface area contributed by atoms with Crippen molar-refractivity contribution in [3.63, 3.8) is 0 Å². The summed E-state index contributed by atoms with van der Waals surface area (Å²) in [7, 11) is 0. The molecule has 1 aromatic carbocycles. The van der Waals surface area contributed by atoms with E-state index in [1.807, 2.05) is 6.92 Å². The number of hydrogen-bond donors (Lipinski definition) is 1. The molecule has 0 spiro atoms. The Morgan fingerprint density at radius 2 is 2.14 bits per heavy atom. The van der Waals surface area contributed by atoms with Crippen LogP contribution in [0.1, 0.15) is 12.5 Å². The van der Waals surface area contributed by atoms with Crippen LogP contribution in [0.4, 0.5) is 8.78 Å². The van der Waals surface area contributed by atoms with E-state index in [4.69, 9.17) is 5.73 Å². The van der Waals surface area contributed by atoms with Gasteiger partial charge in [-0.25, -0.2) is 8.78 Å². The van der Waals surface area contributed by atoms with E-state index in [9.17, 15) is 8.78 Å². The molecule has 0 saturated carbocycles. The fourth-order valence-corrected chi connectivity index (χ4v) is 1.95. The molecule has 0 amide bonds. The number of hydrogen-bond acceptors (Lipinski definition) is 2. The monoisotopic (exact) mass is 217 g/mol. The van der Waals surface area contributed by atoms with E-state index in [1.54, 1.807) is 6.07 Å². The number of rotatable bonds is 4. The third-order valence-electron chi connectivity index (χ3n) is 1.67. The van der Waals surface area contributed by atoms with Gasteiger partial charge in [0, 0.05) is 23.1 Å². The number of thioether (sulfide) groups is 1. The maximum absolute atomic E-state index is 13.1. The third-order valence-corrected chi connectivity index (χ3v) is 2.95. The summed E-state index contributed by atoms with van der Waals surface area (Å²) >= 11 is 1.51. The second kappa shape index (κ2) is 5.32. The van der Waals surface area contributed by atoms with Crippen molar-refractivity contribution >= 4 is 11.8 Å². The minimum absolute atomic E-state index is 0.0802. The summed E-state index contributed by atoms with van der Waals surface area (Å²) in [6, 6.07) is 4.30. The molecule has 0 heterocycles. The normalized spacial score (nSPS) is 12.9. The Labute approximate surface area is 86.7 Å². The smallest absolute Gasteiger partial charge is 0.162 e. The molecule has 1 atom stereocenters. The van der Waals surface area contributed by atoms with Crippen LogP contribution in [0.5, 0.6) is 0 Å². The first kappa shape index (κ1) is 11.5. The van der Waals surface area contributed by atoms with Gasteiger partial charge in [0.1, 0.15) is 0 Å². The summed E-state index contributed by atoms with van der Waals surface area (Å²) in [6.45, 7) is 1.88. The van der Waals surface area contributed by atoms with Gasteiger partial charge in [-0.15, -0.1) is 0 Å². The van der Waals surface area contributed by atoms with E-state index in [0.29, 0.717) is 11.3 Å². The summed E-state index contributed by atoms with van der Waals surface area (Å²) in [6.07, 6.45) is 0. The molecule has 14 heavy (non-hydrogen) atoms. The molecule has 0 aliphatic heterocycles. The molecular formula is C10H13F2NS. The minimum Gasteiger partial charge on any atom is -0.327 e. The molecule has 0 aliphatic rings. The predicted octanol–water partition coefficient (Wildman–Crippen LogP) is 2.55. The van der Waals surface area contributed by atoms with E-state index in [-0.39, 0.29) is 6.04 Å². The van der Waals surface area contributed by atoms with Crippen molar-refractivity contribution in [2.75, 3.05) is 5.75 Å². The highest BCUT2D eigenvalue weighted by Crippen LogP contribution is 2.17. The van der Waals surface area contributed by atoms with Crippen molar-refractivity contribution in [1.82, 2.24) is 0 Å². The lowest BCUT2D eigenvalue weighted by Crippen LogP contribution is -2.17. The van der Waals surface area contributed by atoms with Crippen LogP contribution in [-0.2, 0) is 5.75 Å². The van der Waals surface area contributed by atoms with Gasteiger partial charge in [-0.05, 0) is 13.0 Å². The molecule has 1 nitrogen and oxygen atoms in total. The number of nitrogens with two attached hydrogens (primary N) is 1. The van der Waals surface area contributed by atoms with Gasteiger partial charge in [0.2, 0.25) is 0 Å². The van der Waals surface area contributed by atoms with E-state index < -0.39 is 11.6 Å². The lowest BCUT2D eigenvalue weighted by atomic mass is 10.2. The Bertz CT molecular complexity index is 302. The Balaban J connectivity index is 2.54. The largest absolute Gasteiger partial charge is 0.327 e. The molecule has 2 N–H and O–H groups in total. The van der Waals surface area contributed by atoms with Crippen molar-refractivity contribution in [2.24, 2.45) is 5.73 Å². The average molecular weight is 217 g/mol. The molecule has 0 aliphatic carbocycles. The van der Waals surface area contributed by atoms with Crippen molar-refractivity contribution in [1.29, 1.82) is 0 Å². The summed E-state index contributed by atoms with van der Waals surface area (Å²) in [5.41, 5.74) is 5.93. The van der Waals surface area contributed by atoms with Crippen molar-refractivity contribution < 1.29 is 8.78 Å². The van der Waals surface area contributed by atoms with E-state index in [1.165, 1.54) is 17.8 Å². The first-order valence-electron chi connectivity index (χ1n) is 4.37. The zero-order chi connectivity index (χ0) is 10.6. The summed E-state index contributed by atoms with van der Waals surface area (Å²) in [5.74, 6) is -0.324. The van der Waals surface area contributed by atoms with Crippen molar-refractivity contribution in [2.45, 2.75) is 18.7 Å². The average Bonchev–Trinajstić information content (AvgIpc) is 2.12. The molecular weight excluding hydrogens is 204 g/mol. The van der Waals surface area contributed by atoms with Crippen LogP contribution in [0.3, 0.4) is 0 Å². The van der Waals surface area contributed by atoms with Gasteiger partial charge in [-0.3, -0.25) is 0 Å². The Kier molecular flexibility index (Phi) is 4.35. The predicted molar refractivity (Wildman–Crippen MR) is 56.2 cm³/mol. The van der Waals surface area contributed by atoms with Gasteiger partial charge in [0.05, 0.1) is 0 Å². The van der Waals surface area contributed by atoms with Gasteiger partial charge in [-0.1, -0.05) is 12.1 Å². The molecule has 1 aromatic rings. The van der Waals surface area contributed by atoms with Crippen LogP contribution in [0.15, 0.2) is 18.2 Å². The molecule has 1 unspecified atom stereocenters. The van der Waals surface area contributed by atoms with Crippen LogP contribution in [0.25, 0.3) is 0 Å². The SMILES string of the molecule is CC(N)CSCc1cccc(F)c1F. The number of halogens is 2. The van der Waals surface area contributed by atoms with Gasteiger partial charge < -0.3 is 5.73 Å². The maximum Gasteiger partial charge on any atom is 0.162 e. The lowest BCUT2D eigenvalue weighted by molar-refractivity contribution is 0.502. The molecule has 0 fully saturated rings. The van der Waals surface area contributed by atoms with Crippen molar-refractivity contribution in [3.05, 3.63) is 35.4 Å². The minimum atomic E-state index is -0.788. The van der Waals surface area contributed by atoms with Gasteiger partial charge >= 0.3 is 0 Å². The highest BCUT2D eigenvalue weighted by Gasteiger charge is 2.07. The van der Waals surface area contributed by atoms with Gasteiger partial charge in [-0.2, -0.15) is 11.8 Å². The maximum atomic E-state index is 13.1. The van der Waals surface area contributed by atoms with Crippen LogP contribution in [-0.4, -0.2) is 11.8 Å². The molecule has 78 valence electrons. The lowest BCUT2D eigenvalue weighted by Gasteiger charge is -2.05. The molecule has 0 bridgehead atoms. The zero-order valence-corrected chi connectivity index (χ0v) is 8.78. The highest BCUT2D eigenvalue weighted by atomic mass is 32.2. The highest BCUT2D eigenvalue weighted by molar-refractivity contribution is 7.98. The van der Waals surface area contributed by atoms with E-state index in [0.717, 1.165) is 11.8 Å². The molecule has 0 radical (unpaired) electrons. The second-order valence-electron chi connectivity index (χ2n) is 3.21. The Morgan fingerprint density at radius 3 is 2.79 bits per heavy atom. The van der Waals surface area contributed by atoms with Gasteiger partial charge in [0.25, 0.3) is 0 Å². The third kappa shape index (κ3) is 3.27. The Morgan fingerprint density at radius 1 is 1.43 bits per heavy atom. The zero-order valence-electron chi connectivity index (χ0n) is 7.97. The summed E-state index contributed by atoms with van der Waals surface area (Å²) in [4.78, 5) is 0. The van der Waals surface area contributed by atoms with Crippen molar-refractivity contribution in [3.8, 4) is 0 Å². The Hall–Kier alpha value is -0.610. The van der Waals surface area contributed by atoms with Gasteiger partial charge in [0.15, 0.2) is 11.6 Å². The summed E-state index contributed by atoms with van der Waals surface area (Å²) < 4.78 is 25.9. The quantitative estimate of drug-likeness (QED) is 0.838.